The Labute approximate surface area is 150 Å². The molecule has 2 heterocycles. The quantitative estimate of drug-likeness (QED) is 0.713. The highest BCUT2D eigenvalue weighted by Gasteiger charge is 2.10. The lowest BCUT2D eigenvalue weighted by molar-refractivity contribution is 0.398. The van der Waals surface area contributed by atoms with Crippen LogP contribution in [0, 0.1) is 0 Å². The van der Waals surface area contributed by atoms with Crippen LogP contribution >= 0.6 is 11.3 Å². The zero-order valence-electron chi connectivity index (χ0n) is 13.8. The van der Waals surface area contributed by atoms with Crippen LogP contribution in [0.2, 0.25) is 0 Å². The van der Waals surface area contributed by atoms with Gasteiger partial charge in [-0.2, -0.15) is 4.98 Å². The molecule has 0 aliphatic heterocycles. The normalized spacial score (nSPS) is 11.3. The van der Waals surface area contributed by atoms with Crippen LogP contribution in [0.25, 0.3) is 11.3 Å². The van der Waals surface area contributed by atoms with Gasteiger partial charge in [0.1, 0.15) is 0 Å². The molecule has 0 atom stereocenters. The Balaban J connectivity index is 1.88. The van der Waals surface area contributed by atoms with E-state index in [9.17, 15) is 8.42 Å². The summed E-state index contributed by atoms with van der Waals surface area (Å²) >= 11 is 1.65. The molecule has 0 saturated carbocycles. The summed E-state index contributed by atoms with van der Waals surface area (Å²) in [5.41, 5.74) is 1.44. The average Bonchev–Trinajstić information content (AvgIpc) is 3.12. The fourth-order valence-electron chi connectivity index (χ4n) is 2.21. The van der Waals surface area contributed by atoms with Gasteiger partial charge in [-0.25, -0.2) is 13.4 Å². The summed E-state index contributed by atoms with van der Waals surface area (Å²) in [6, 6.07) is 12.3. The number of methoxy groups -OCH3 is 1. The summed E-state index contributed by atoms with van der Waals surface area (Å²) < 4.78 is 28.4. The van der Waals surface area contributed by atoms with Crippen molar-refractivity contribution in [2.45, 2.75) is 11.4 Å². The van der Waals surface area contributed by atoms with Gasteiger partial charge < -0.3 is 10.1 Å². The number of aromatic nitrogens is 2. The molecule has 1 aromatic carbocycles. The second-order valence-electron chi connectivity index (χ2n) is 5.35. The standard InChI is InChI=1S/C17H17N3O3S2/c1-23-16-10-15(12-5-7-14(8-6-12)25(2,21)22)19-17(20-16)18-11-13-4-3-9-24-13/h3-10H,11H2,1-2H3,(H,18,19,20)/i1-1. The molecule has 0 fully saturated rings. The van der Waals surface area contributed by atoms with Crippen molar-refractivity contribution < 1.29 is 13.2 Å². The van der Waals surface area contributed by atoms with Crippen molar-refractivity contribution >= 4 is 27.1 Å². The third-order valence-corrected chi connectivity index (χ3v) is 5.50. The van der Waals surface area contributed by atoms with Crippen molar-refractivity contribution in [1.29, 1.82) is 0 Å². The van der Waals surface area contributed by atoms with Crippen LogP contribution in [-0.2, 0) is 16.4 Å². The summed E-state index contributed by atoms with van der Waals surface area (Å²) in [7, 11) is -1.68. The molecular formula is C17H17N3O3S2. The smallest absolute Gasteiger partial charge is 0.226 e. The minimum absolute atomic E-state index is 0.272. The van der Waals surface area contributed by atoms with Crippen LogP contribution in [-0.4, -0.2) is 31.8 Å². The third kappa shape index (κ3) is 4.34. The van der Waals surface area contributed by atoms with E-state index in [4.69, 9.17) is 4.74 Å². The highest BCUT2D eigenvalue weighted by molar-refractivity contribution is 7.90. The molecule has 0 spiro atoms. The van der Waals surface area contributed by atoms with E-state index < -0.39 is 9.84 Å². The van der Waals surface area contributed by atoms with E-state index in [2.05, 4.69) is 15.3 Å². The van der Waals surface area contributed by atoms with E-state index in [1.807, 2.05) is 17.5 Å². The summed E-state index contributed by atoms with van der Waals surface area (Å²) in [4.78, 5) is 10.2. The number of benzene rings is 1. The predicted molar refractivity (Wildman–Crippen MR) is 98.8 cm³/mol. The molecular weight excluding hydrogens is 357 g/mol. The van der Waals surface area contributed by atoms with E-state index >= 15 is 0 Å². The Morgan fingerprint density at radius 2 is 1.92 bits per heavy atom. The number of sulfone groups is 1. The number of hydrogen-bond acceptors (Lipinski definition) is 7. The Bertz CT molecular complexity index is 953. The number of hydrogen-bond donors (Lipinski definition) is 1. The molecule has 0 amide bonds. The van der Waals surface area contributed by atoms with Gasteiger partial charge in [-0.15, -0.1) is 11.3 Å². The van der Waals surface area contributed by atoms with Crippen LogP contribution in [0.1, 0.15) is 4.88 Å². The van der Waals surface area contributed by atoms with Crippen molar-refractivity contribution in [3.63, 3.8) is 0 Å². The molecule has 0 saturated heterocycles. The van der Waals surface area contributed by atoms with Gasteiger partial charge in [0.25, 0.3) is 0 Å². The van der Waals surface area contributed by atoms with Gasteiger partial charge in [0.15, 0.2) is 9.84 Å². The average molecular weight is 374 g/mol. The second-order valence-corrected chi connectivity index (χ2v) is 8.40. The molecule has 8 heteroatoms. The maximum absolute atomic E-state index is 11.6. The lowest BCUT2D eigenvalue weighted by Gasteiger charge is -2.09. The van der Waals surface area contributed by atoms with Crippen LogP contribution < -0.4 is 10.1 Å². The fourth-order valence-corrected chi connectivity index (χ4v) is 3.48. The van der Waals surface area contributed by atoms with Crippen LogP contribution in [0.3, 0.4) is 0 Å². The molecule has 3 aromatic rings. The van der Waals surface area contributed by atoms with E-state index in [0.717, 1.165) is 5.56 Å². The van der Waals surface area contributed by atoms with Crippen molar-refractivity contribution in [3.8, 4) is 17.1 Å². The van der Waals surface area contributed by atoms with Crippen molar-refractivity contribution in [1.82, 2.24) is 9.97 Å². The minimum Gasteiger partial charge on any atom is -0.481 e. The van der Waals surface area contributed by atoms with E-state index in [0.29, 0.717) is 24.1 Å². The van der Waals surface area contributed by atoms with Crippen molar-refractivity contribution in [2.75, 3.05) is 18.7 Å². The first-order valence-electron chi connectivity index (χ1n) is 7.45. The number of anilines is 1. The zero-order chi connectivity index (χ0) is 17.9. The van der Waals surface area contributed by atoms with Crippen molar-refractivity contribution in [3.05, 3.63) is 52.7 Å². The minimum atomic E-state index is -3.23. The monoisotopic (exact) mass is 374 g/mol. The molecule has 6 nitrogen and oxygen atoms in total. The topological polar surface area (TPSA) is 81.2 Å². The molecule has 0 unspecified atom stereocenters. The van der Waals surface area contributed by atoms with Gasteiger partial charge in [0.05, 0.1) is 24.2 Å². The first-order valence-corrected chi connectivity index (χ1v) is 10.2. The molecule has 0 bridgehead atoms. The molecule has 2 aromatic heterocycles. The molecule has 25 heavy (non-hydrogen) atoms. The molecule has 130 valence electrons. The Kier molecular flexibility index (Phi) is 5.00. The van der Waals surface area contributed by atoms with Gasteiger partial charge in [-0.1, -0.05) is 18.2 Å². The Morgan fingerprint density at radius 3 is 2.52 bits per heavy atom. The van der Waals surface area contributed by atoms with E-state index in [1.165, 1.54) is 11.1 Å². The number of rotatable bonds is 6. The number of ether oxygens (including phenoxy) is 1. The van der Waals surface area contributed by atoms with Crippen LogP contribution in [0.4, 0.5) is 5.95 Å². The SMILES string of the molecule is CS(=O)(=O)c1ccc(-c2cc(O[11CH3])nc(NCc3cccs3)n2)cc1. The third-order valence-electron chi connectivity index (χ3n) is 3.49. The van der Waals surface area contributed by atoms with E-state index in [1.54, 1.807) is 48.8 Å². The highest BCUT2D eigenvalue weighted by atomic mass is 32.2. The van der Waals surface area contributed by atoms with Crippen molar-refractivity contribution in [2.24, 2.45) is 0 Å². The number of nitrogens with zero attached hydrogens (tertiary/aromatic N) is 2. The first kappa shape index (κ1) is 17.4. The lowest BCUT2D eigenvalue weighted by Crippen LogP contribution is -2.04. The molecule has 0 aliphatic rings. The Morgan fingerprint density at radius 1 is 1.16 bits per heavy atom. The molecule has 0 aliphatic carbocycles. The second kappa shape index (κ2) is 7.20. The van der Waals surface area contributed by atoms with Gasteiger partial charge >= 0.3 is 0 Å². The molecule has 0 radical (unpaired) electrons. The van der Waals surface area contributed by atoms with Crippen LogP contribution in [0.5, 0.6) is 5.88 Å². The Hall–Kier alpha value is -2.45. The van der Waals surface area contributed by atoms with Crippen LogP contribution in [0.15, 0.2) is 52.7 Å². The number of nitrogens with one attached hydrogen (secondary N) is 1. The van der Waals surface area contributed by atoms with Gasteiger partial charge in [0, 0.05) is 22.8 Å². The summed E-state index contributed by atoms with van der Waals surface area (Å²) in [5.74, 6) is 0.890. The zero-order valence-corrected chi connectivity index (χ0v) is 15.4. The van der Waals surface area contributed by atoms with Gasteiger partial charge in [-0.3, -0.25) is 0 Å². The fraction of sp³-hybridized carbons (Fsp3) is 0.176. The lowest BCUT2D eigenvalue weighted by atomic mass is 10.1. The summed E-state index contributed by atoms with van der Waals surface area (Å²) in [5, 5.41) is 5.19. The van der Waals surface area contributed by atoms with E-state index in [-0.39, 0.29) is 4.90 Å². The summed E-state index contributed by atoms with van der Waals surface area (Å²) in [6.45, 7) is 0.622. The highest BCUT2D eigenvalue weighted by Crippen LogP contribution is 2.24. The summed E-state index contributed by atoms with van der Waals surface area (Å²) in [6.07, 6.45) is 1.18. The largest absolute Gasteiger partial charge is 0.481 e. The number of thiophene rings is 1. The molecule has 3 rings (SSSR count). The maximum atomic E-state index is 11.6. The predicted octanol–water partition coefficient (Wildman–Crippen LogP) is 3.23. The van der Waals surface area contributed by atoms with Gasteiger partial charge in [0.2, 0.25) is 11.8 Å². The van der Waals surface area contributed by atoms with Gasteiger partial charge in [-0.05, 0) is 23.6 Å². The maximum Gasteiger partial charge on any atom is 0.226 e. The molecule has 1 N–H and O–H groups in total. The first-order chi connectivity index (χ1) is 12.0.